The van der Waals surface area contributed by atoms with Crippen molar-refractivity contribution >= 4 is 11.8 Å². The van der Waals surface area contributed by atoms with E-state index in [2.05, 4.69) is 11.6 Å². The molecule has 15 heavy (non-hydrogen) atoms. The molecule has 2 fully saturated rings. The van der Waals surface area contributed by atoms with Crippen molar-refractivity contribution in [3.8, 4) is 0 Å². The summed E-state index contributed by atoms with van der Waals surface area (Å²) in [5.41, 5.74) is 0. The molecule has 0 aromatic rings. The Morgan fingerprint density at radius 2 is 2.00 bits per heavy atom. The minimum absolute atomic E-state index is 0.155. The molecule has 2 N–H and O–H groups in total. The molecule has 2 rings (SSSR count). The van der Waals surface area contributed by atoms with Crippen LogP contribution in [0.15, 0.2) is 0 Å². The van der Waals surface area contributed by atoms with Crippen LogP contribution in [0.3, 0.4) is 0 Å². The molecule has 88 valence electrons. The first-order chi connectivity index (χ1) is 7.31. The van der Waals surface area contributed by atoms with E-state index in [1.807, 2.05) is 11.8 Å². The molecule has 0 aromatic heterocycles. The fourth-order valence-electron chi connectivity index (χ4n) is 2.55. The highest BCUT2D eigenvalue weighted by atomic mass is 32.2. The maximum atomic E-state index is 9.68. The monoisotopic (exact) mass is 231 g/mol. The maximum absolute atomic E-state index is 9.68. The second kappa shape index (κ2) is 5.53. The zero-order valence-corrected chi connectivity index (χ0v) is 10.1. The largest absolute Gasteiger partial charge is 0.389 e. The van der Waals surface area contributed by atoms with Gasteiger partial charge in [0.15, 0.2) is 0 Å². The highest BCUT2D eigenvalue weighted by molar-refractivity contribution is 7.99. The quantitative estimate of drug-likeness (QED) is 0.760. The van der Waals surface area contributed by atoms with Crippen LogP contribution in [0.5, 0.6) is 0 Å². The van der Waals surface area contributed by atoms with Gasteiger partial charge in [-0.25, -0.2) is 0 Å². The lowest BCUT2D eigenvalue weighted by molar-refractivity contribution is 0.120. The predicted octanol–water partition coefficient (Wildman–Crippen LogP) is 1.01. The summed E-state index contributed by atoms with van der Waals surface area (Å²) in [5.74, 6) is 0. The van der Waals surface area contributed by atoms with Crippen LogP contribution in [0.1, 0.15) is 25.7 Å². The van der Waals surface area contributed by atoms with E-state index in [0.717, 1.165) is 0 Å². The Bertz CT molecular complexity index is 203. The second-order valence-electron chi connectivity index (χ2n) is 4.54. The summed E-state index contributed by atoms with van der Waals surface area (Å²) in [6.45, 7) is 1.16. The number of nitrogens with one attached hydrogen (secondary N) is 1. The molecule has 0 bridgehead atoms. The Morgan fingerprint density at radius 3 is 2.67 bits per heavy atom. The molecule has 4 heteroatoms. The molecule has 1 aliphatic carbocycles. The number of rotatable bonds is 3. The van der Waals surface area contributed by atoms with Gasteiger partial charge in [-0.2, -0.15) is 11.8 Å². The molecular formula is C11H21NO2S. The van der Waals surface area contributed by atoms with E-state index in [1.165, 1.54) is 25.7 Å². The van der Waals surface area contributed by atoms with Crippen molar-refractivity contribution < 1.29 is 9.84 Å². The Labute approximate surface area is 96.0 Å². The molecular weight excluding hydrogens is 210 g/mol. The Hall–Kier alpha value is 0.230. The third-order valence-electron chi connectivity index (χ3n) is 3.48. The van der Waals surface area contributed by atoms with Gasteiger partial charge in [-0.05, 0) is 19.1 Å². The number of aliphatic hydroxyl groups excluding tert-OH is 1. The maximum Gasteiger partial charge on any atom is 0.0948 e. The van der Waals surface area contributed by atoms with E-state index in [-0.39, 0.29) is 12.1 Å². The molecule has 4 unspecified atom stereocenters. The van der Waals surface area contributed by atoms with Crippen molar-refractivity contribution in [2.45, 2.75) is 49.1 Å². The highest BCUT2D eigenvalue weighted by Crippen LogP contribution is 2.28. The zero-order valence-electron chi connectivity index (χ0n) is 9.32. The SMILES string of the molecule is CSC1CCCCC1NC1COCC1O. The normalized spacial score (nSPS) is 42.0. The van der Waals surface area contributed by atoms with Gasteiger partial charge in [0.1, 0.15) is 0 Å². The van der Waals surface area contributed by atoms with Crippen molar-refractivity contribution in [2.75, 3.05) is 19.5 Å². The van der Waals surface area contributed by atoms with Crippen LogP contribution in [0, 0.1) is 0 Å². The average Bonchev–Trinajstić information content (AvgIpc) is 2.65. The predicted molar refractivity (Wildman–Crippen MR) is 63.3 cm³/mol. The van der Waals surface area contributed by atoms with Gasteiger partial charge in [-0.3, -0.25) is 0 Å². The topological polar surface area (TPSA) is 41.5 Å². The number of aliphatic hydroxyl groups is 1. The van der Waals surface area contributed by atoms with E-state index in [1.54, 1.807) is 0 Å². The number of ether oxygens (including phenoxy) is 1. The molecule has 1 aliphatic heterocycles. The van der Waals surface area contributed by atoms with Gasteiger partial charge in [0.05, 0.1) is 25.4 Å². The minimum Gasteiger partial charge on any atom is -0.389 e. The zero-order chi connectivity index (χ0) is 10.7. The van der Waals surface area contributed by atoms with Crippen LogP contribution in [-0.4, -0.2) is 48.0 Å². The van der Waals surface area contributed by atoms with E-state index in [0.29, 0.717) is 24.5 Å². The number of hydrogen-bond acceptors (Lipinski definition) is 4. The van der Waals surface area contributed by atoms with Gasteiger partial charge >= 0.3 is 0 Å². The van der Waals surface area contributed by atoms with Crippen molar-refractivity contribution in [1.82, 2.24) is 5.32 Å². The molecule has 0 radical (unpaired) electrons. The summed E-state index contributed by atoms with van der Waals surface area (Å²) >= 11 is 1.95. The van der Waals surface area contributed by atoms with Gasteiger partial charge < -0.3 is 15.2 Å². The summed E-state index contributed by atoms with van der Waals surface area (Å²) < 4.78 is 5.26. The fourth-order valence-corrected chi connectivity index (χ4v) is 3.49. The van der Waals surface area contributed by atoms with Crippen molar-refractivity contribution in [3.63, 3.8) is 0 Å². The number of hydrogen-bond donors (Lipinski definition) is 2. The number of thioether (sulfide) groups is 1. The lowest BCUT2D eigenvalue weighted by Gasteiger charge is -2.33. The van der Waals surface area contributed by atoms with Crippen molar-refractivity contribution in [1.29, 1.82) is 0 Å². The summed E-state index contributed by atoms with van der Waals surface area (Å²) in [4.78, 5) is 0. The molecule has 1 saturated carbocycles. The van der Waals surface area contributed by atoms with E-state index < -0.39 is 0 Å². The second-order valence-corrected chi connectivity index (χ2v) is 5.62. The molecule has 2 aliphatic rings. The first kappa shape index (κ1) is 11.7. The van der Waals surface area contributed by atoms with E-state index in [4.69, 9.17) is 4.74 Å². The molecule has 4 atom stereocenters. The van der Waals surface area contributed by atoms with Gasteiger partial charge in [-0.1, -0.05) is 12.8 Å². The van der Waals surface area contributed by atoms with E-state index >= 15 is 0 Å². The highest BCUT2D eigenvalue weighted by Gasteiger charge is 2.32. The van der Waals surface area contributed by atoms with Crippen molar-refractivity contribution in [3.05, 3.63) is 0 Å². The molecule has 0 amide bonds. The summed E-state index contributed by atoms with van der Waals surface area (Å²) in [6.07, 6.45) is 7.10. The standard InChI is InChI=1S/C11H21NO2S/c1-15-11-5-3-2-4-8(11)12-9-6-14-7-10(9)13/h8-13H,2-7H2,1H3. The Kier molecular flexibility index (Phi) is 4.31. The summed E-state index contributed by atoms with van der Waals surface area (Å²) in [5, 5.41) is 14.0. The Balaban J connectivity index is 1.85. The smallest absolute Gasteiger partial charge is 0.0948 e. The van der Waals surface area contributed by atoms with Crippen LogP contribution in [0.25, 0.3) is 0 Å². The third kappa shape index (κ3) is 2.87. The first-order valence-corrected chi connectivity index (χ1v) is 7.14. The summed E-state index contributed by atoms with van der Waals surface area (Å²) in [6, 6.07) is 0.720. The average molecular weight is 231 g/mol. The molecule has 1 heterocycles. The van der Waals surface area contributed by atoms with Crippen LogP contribution >= 0.6 is 11.8 Å². The fraction of sp³-hybridized carbons (Fsp3) is 1.00. The summed E-state index contributed by atoms with van der Waals surface area (Å²) in [7, 11) is 0. The van der Waals surface area contributed by atoms with Crippen LogP contribution in [0.2, 0.25) is 0 Å². The van der Waals surface area contributed by atoms with Crippen LogP contribution in [-0.2, 0) is 4.74 Å². The minimum atomic E-state index is -0.311. The van der Waals surface area contributed by atoms with Crippen molar-refractivity contribution in [2.24, 2.45) is 0 Å². The van der Waals surface area contributed by atoms with Gasteiger partial charge in [0.25, 0.3) is 0 Å². The third-order valence-corrected chi connectivity index (χ3v) is 4.65. The lowest BCUT2D eigenvalue weighted by Crippen LogP contribution is -2.50. The van der Waals surface area contributed by atoms with Gasteiger partial charge in [0.2, 0.25) is 0 Å². The van der Waals surface area contributed by atoms with Gasteiger partial charge in [-0.15, -0.1) is 0 Å². The lowest BCUT2D eigenvalue weighted by atomic mass is 9.94. The first-order valence-electron chi connectivity index (χ1n) is 5.86. The molecule has 0 aromatic carbocycles. The molecule has 0 spiro atoms. The Morgan fingerprint density at radius 1 is 1.20 bits per heavy atom. The molecule has 3 nitrogen and oxygen atoms in total. The van der Waals surface area contributed by atoms with Gasteiger partial charge in [0, 0.05) is 11.3 Å². The van der Waals surface area contributed by atoms with Crippen LogP contribution < -0.4 is 5.32 Å². The molecule has 1 saturated heterocycles. The van der Waals surface area contributed by atoms with E-state index in [9.17, 15) is 5.11 Å². The van der Waals surface area contributed by atoms with Crippen LogP contribution in [0.4, 0.5) is 0 Å².